The number of aromatic nitrogens is 4. The van der Waals surface area contributed by atoms with Gasteiger partial charge in [0.2, 0.25) is 0 Å². The number of likely N-dealkylation sites (N-methyl/N-ethyl adjacent to an activating group) is 2. The van der Waals surface area contributed by atoms with Gasteiger partial charge in [0.05, 0.1) is 59.5 Å². The molecule has 2 saturated heterocycles. The van der Waals surface area contributed by atoms with Crippen LogP contribution in [0.4, 0.5) is 0 Å². The normalized spacial score (nSPS) is 15.7. The van der Waals surface area contributed by atoms with Crippen molar-refractivity contribution in [3.63, 3.8) is 0 Å². The van der Waals surface area contributed by atoms with E-state index >= 15 is 0 Å². The first-order valence-electron chi connectivity index (χ1n) is 20.2. The SMILES string of the molecule is CCOc1ccccc1-n1c(CN2CCN(C)CC2)nc2ccccc2c1=O.CCOc1ccccc1-n1c(CN2CCN(CC)CC2)nc2ccccc2c1=O. The summed E-state index contributed by atoms with van der Waals surface area (Å²) >= 11 is 0. The summed E-state index contributed by atoms with van der Waals surface area (Å²) < 4.78 is 15.1. The van der Waals surface area contributed by atoms with E-state index in [-0.39, 0.29) is 11.1 Å². The van der Waals surface area contributed by atoms with Crippen LogP contribution in [-0.4, -0.2) is 118 Å². The maximum absolute atomic E-state index is 13.5. The Morgan fingerprint density at radius 2 is 0.895 bits per heavy atom. The van der Waals surface area contributed by atoms with Crippen LogP contribution in [0.15, 0.2) is 107 Å². The van der Waals surface area contributed by atoms with Gasteiger partial charge in [0, 0.05) is 52.4 Å². The summed E-state index contributed by atoms with van der Waals surface area (Å²) in [7, 11) is 2.14. The lowest BCUT2D eigenvalue weighted by molar-refractivity contribution is 0.129. The third kappa shape index (κ3) is 9.10. The lowest BCUT2D eigenvalue weighted by Crippen LogP contribution is -2.46. The van der Waals surface area contributed by atoms with Crippen LogP contribution in [-0.2, 0) is 13.1 Å². The highest BCUT2D eigenvalue weighted by Gasteiger charge is 2.22. The van der Waals surface area contributed by atoms with Crippen molar-refractivity contribution in [2.24, 2.45) is 0 Å². The van der Waals surface area contributed by atoms with Crippen LogP contribution in [0.2, 0.25) is 0 Å². The molecule has 2 aliphatic rings. The summed E-state index contributed by atoms with van der Waals surface area (Å²) in [4.78, 5) is 46.2. The van der Waals surface area contributed by atoms with Gasteiger partial charge in [-0.25, -0.2) is 9.97 Å². The van der Waals surface area contributed by atoms with Gasteiger partial charge >= 0.3 is 0 Å². The molecule has 4 aromatic carbocycles. The second-order valence-electron chi connectivity index (χ2n) is 14.5. The zero-order valence-corrected chi connectivity index (χ0v) is 33.6. The predicted octanol–water partition coefficient (Wildman–Crippen LogP) is 5.45. The minimum atomic E-state index is -0.0538. The number of fused-ring (bicyclic) bond motifs is 2. The Morgan fingerprint density at radius 3 is 1.33 bits per heavy atom. The second-order valence-corrected chi connectivity index (χ2v) is 14.5. The van der Waals surface area contributed by atoms with Crippen molar-refractivity contribution in [2.75, 3.05) is 79.2 Å². The van der Waals surface area contributed by atoms with E-state index in [0.29, 0.717) is 48.6 Å². The van der Waals surface area contributed by atoms with E-state index < -0.39 is 0 Å². The molecular formula is C45H54N8O4. The Bertz CT molecular complexity index is 2400. The second kappa shape index (κ2) is 18.7. The highest BCUT2D eigenvalue weighted by Crippen LogP contribution is 2.26. The van der Waals surface area contributed by atoms with Crippen LogP contribution < -0.4 is 20.6 Å². The number of rotatable bonds is 11. The molecule has 0 saturated carbocycles. The van der Waals surface area contributed by atoms with Crippen molar-refractivity contribution in [1.82, 2.24) is 38.7 Å². The molecule has 2 aromatic heterocycles. The van der Waals surface area contributed by atoms with Crippen LogP contribution in [0.1, 0.15) is 32.4 Å². The number of nitrogens with zero attached hydrogens (tertiary/aromatic N) is 8. The molecule has 0 unspecified atom stereocenters. The minimum absolute atomic E-state index is 0.0510. The van der Waals surface area contributed by atoms with Gasteiger partial charge in [-0.05, 0) is 76.0 Å². The molecule has 0 bridgehead atoms. The van der Waals surface area contributed by atoms with Gasteiger partial charge in [0.25, 0.3) is 11.1 Å². The number of para-hydroxylation sites is 6. The van der Waals surface area contributed by atoms with Gasteiger partial charge in [0.1, 0.15) is 23.1 Å². The van der Waals surface area contributed by atoms with Gasteiger partial charge < -0.3 is 19.3 Å². The highest BCUT2D eigenvalue weighted by atomic mass is 16.5. The average Bonchev–Trinajstić information content (AvgIpc) is 3.24. The summed E-state index contributed by atoms with van der Waals surface area (Å²) in [6.07, 6.45) is 0. The van der Waals surface area contributed by atoms with E-state index in [1.807, 2.05) is 111 Å². The standard InChI is InChI=1S/C23H28N4O2.C22H26N4O2/c1-3-25-13-15-26(16-14-25)17-22-24-19-10-6-5-9-18(19)23(28)27(22)20-11-7-8-12-21(20)29-4-2;1-3-28-20-11-7-6-10-19(20)26-21(16-25-14-12-24(2)13-15-25)23-18-9-5-4-8-17(18)22(26)27/h5-12H,3-4,13-17H2,1-2H3;4-11H,3,12-16H2,1-2H3. The molecule has 6 aromatic rings. The summed E-state index contributed by atoms with van der Waals surface area (Å²) in [5.41, 5.74) is 2.87. The van der Waals surface area contributed by atoms with Gasteiger partial charge in [0.15, 0.2) is 0 Å². The van der Waals surface area contributed by atoms with Crippen LogP contribution in [0.25, 0.3) is 33.2 Å². The monoisotopic (exact) mass is 770 g/mol. The lowest BCUT2D eigenvalue weighted by Gasteiger charge is -2.34. The van der Waals surface area contributed by atoms with E-state index in [0.717, 1.165) is 93.0 Å². The first-order chi connectivity index (χ1) is 27.9. The molecule has 8 rings (SSSR count). The van der Waals surface area contributed by atoms with Crippen molar-refractivity contribution in [3.05, 3.63) is 129 Å². The molecule has 298 valence electrons. The molecular weight excluding hydrogens is 717 g/mol. The zero-order valence-electron chi connectivity index (χ0n) is 33.6. The smallest absolute Gasteiger partial charge is 0.266 e. The Balaban J connectivity index is 0.000000174. The molecule has 0 aliphatic carbocycles. The summed E-state index contributed by atoms with van der Waals surface area (Å²) in [5, 5.41) is 1.24. The molecule has 12 heteroatoms. The van der Waals surface area contributed by atoms with Crippen LogP contribution in [0.3, 0.4) is 0 Å². The topological polar surface area (TPSA) is 101 Å². The molecule has 0 N–H and O–H groups in total. The molecule has 0 radical (unpaired) electrons. The molecule has 4 heterocycles. The number of piperazine rings is 2. The average molecular weight is 771 g/mol. The largest absolute Gasteiger partial charge is 0.492 e. The van der Waals surface area contributed by atoms with Crippen LogP contribution >= 0.6 is 0 Å². The van der Waals surface area contributed by atoms with Crippen molar-refractivity contribution in [3.8, 4) is 22.9 Å². The molecule has 0 spiro atoms. The number of hydrogen-bond acceptors (Lipinski definition) is 10. The molecule has 0 amide bonds. The summed E-state index contributed by atoms with van der Waals surface area (Å²) in [6.45, 7) is 17.5. The maximum atomic E-state index is 13.5. The molecule has 57 heavy (non-hydrogen) atoms. The van der Waals surface area contributed by atoms with Crippen molar-refractivity contribution in [2.45, 2.75) is 33.9 Å². The molecule has 0 atom stereocenters. The van der Waals surface area contributed by atoms with Gasteiger partial charge in [-0.3, -0.25) is 28.5 Å². The Kier molecular flexibility index (Phi) is 13.1. The van der Waals surface area contributed by atoms with Crippen LogP contribution in [0, 0.1) is 0 Å². The summed E-state index contributed by atoms with van der Waals surface area (Å²) in [6, 6.07) is 30.5. The quantitative estimate of drug-likeness (QED) is 0.169. The van der Waals surface area contributed by atoms with E-state index in [9.17, 15) is 9.59 Å². The first-order valence-corrected chi connectivity index (χ1v) is 20.2. The Hall–Kier alpha value is -5.40. The van der Waals surface area contributed by atoms with E-state index in [1.54, 1.807) is 9.13 Å². The third-order valence-corrected chi connectivity index (χ3v) is 10.7. The lowest BCUT2D eigenvalue weighted by atomic mass is 10.2. The molecule has 12 nitrogen and oxygen atoms in total. The summed E-state index contributed by atoms with van der Waals surface area (Å²) in [5.74, 6) is 2.90. The fraction of sp³-hybridized carbons (Fsp3) is 0.378. The zero-order chi connectivity index (χ0) is 39.7. The third-order valence-electron chi connectivity index (χ3n) is 10.7. The highest BCUT2D eigenvalue weighted by molar-refractivity contribution is 5.79. The minimum Gasteiger partial charge on any atom is -0.492 e. The molecule has 2 fully saturated rings. The van der Waals surface area contributed by atoms with Gasteiger partial charge in [-0.15, -0.1) is 0 Å². The molecule has 2 aliphatic heterocycles. The van der Waals surface area contributed by atoms with E-state index in [2.05, 4.69) is 33.6 Å². The first kappa shape index (κ1) is 39.8. The van der Waals surface area contributed by atoms with Gasteiger partial charge in [-0.1, -0.05) is 55.5 Å². The fourth-order valence-corrected chi connectivity index (χ4v) is 7.57. The maximum Gasteiger partial charge on any atom is 0.266 e. The predicted molar refractivity (Wildman–Crippen MR) is 227 cm³/mol. The number of hydrogen-bond donors (Lipinski definition) is 0. The van der Waals surface area contributed by atoms with Crippen LogP contribution in [0.5, 0.6) is 11.5 Å². The van der Waals surface area contributed by atoms with Crippen molar-refractivity contribution < 1.29 is 9.47 Å². The Labute approximate surface area is 334 Å². The van der Waals surface area contributed by atoms with Crippen molar-refractivity contribution in [1.29, 1.82) is 0 Å². The van der Waals surface area contributed by atoms with Gasteiger partial charge in [-0.2, -0.15) is 0 Å². The number of benzene rings is 4. The van der Waals surface area contributed by atoms with E-state index in [1.165, 1.54) is 0 Å². The Morgan fingerprint density at radius 1 is 0.509 bits per heavy atom. The van der Waals surface area contributed by atoms with Crippen molar-refractivity contribution >= 4 is 21.8 Å². The fourth-order valence-electron chi connectivity index (χ4n) is 7.57. The van der Waals surface area contributed by atoms with E-state index in [4.69, 9.17) is 19.4 Å². The number of ether oxygens (including phenoxy) is 2.